The second kappa shape index (κ2) is 7.01. The topological polar surface area (TPSA) is 73.6 Å². The van der Waals surface area contributed by atoms with E-state index in [1.165, 1.54) is 16.9 Å². The van der Waals surface area contributed by atoms with E-state index in [0.717, 1.165) is 33.1 Å². The van der Waals surface area contributed by atoms with Crippen molar-refractivity contribution in [2.24, 2.45) is 10.2 Å². The Morgan fingerprint density at radius 1 is 1.15 bits per heavy atom. The van der Waals surface area contributed by atoms with Gasteiger partial charge >= 0.3 is 0 Å². The van der Waals surface area contributed by atoms with Crippen LogP contribution in [0.25, 0.3) is 22.2 Å². The largest absolute Gasteiger partial charge is 0.493 e. The summed E-state index contributed by atoms with van der Waals surface area (Å²) in [6.07, 6.45) is 0.918. The Hall–Kier alpha value is -2.51. The first kappa shape index (κ1) is 16.9. The number of hydrogen-bond donors (Lipinski definition) is 2. The van der Waals surface area contributed by atoms with Gasteiger partial charge in [-0.2, -0.15) is 0 Å². The quantitative estimate of drug-likeness (QED) is 0.354. The van der Waals surface area contributed by atoms with Crippen LogP contribution in [0.3, 0.4) is 0 Å². The lowest BCUT2D eigenvalue weighted by atomic mass is 10.1. The average Bonchev–Trinajstić information content (AvgIpc) is 3.24. The monoisotopic (exact) mass is 426 g/mol. The summed E-state index contributed by atoms with van der Waals surface area (Å²) in [6.45, 7) is 2.09. The van der Waals surface area contributed by atoms with E-state index in [2.05, 4.69) is 43.1 Å². The van der Waals surface area contributed by atoms with Gasteiger partial charge in [0.2, 0.25) is 11.0 Å². The van der Waals surface area contributed by atoms with E-state index >= 15 is 0 Å². The Morgan fingerprint density at radius 2 is 1.96 bits per heavy atom. The van der Waals surface area contributed by atoms with Gasteiger partial charge in [0.05, 0.1) is 11.2 Å². The summed E-state index contributed by atoms with van der Waals surface area (Å²) in [5.41, 5.74) is 4.33. The van der Waals surface area contributed by atoms with Gasteiger partial charge in [-0.1, -0.05) is 41.1 Å². The molecule has 130 valence electrons. The van der Waals surface area contributed by atoms with Crippen molar-refractivity contribution in [3.8, 4) is 17.1 Å². The Labute approximate surface area is 162 Å². The molecule has 0 aliphatic rings. The van der Waals surface area contributed by atoms with E-state index in [1.807, 2.05) is 47.8 Å². The molecule has 0 fully saturated rings. The summed E-state index contributed by atoms with van der Waals surface area (Å²) in [5, 5.41) is 22.0. The number of hydrogen-bond acceptors (Lipinski definition) is 5. The molecule has 0 unspecified atom stereocenters. The van der Waals surface area contributed by atoms with Gasteiger partial charge < -0.3 is 10.1 Å². The smallest absolute Gasteiger partial charge is 0.230 e. The maximum absolute atomic E-state index is 10.2. The zero-order valence-corrected chi connectivity index (χ0v) is 16.3. The molecule has 0 aliphatic carbocycles. The van der Waals surface area contributed by atoms with Crippen LogP contribution in [-0.4, -0.2) is 15.1 Å². The molecule has 0 aliphatic heterocycles. The predicted molar refractivity (Wildman–Crippen MR) is 109 cm³/mol. The van der Waals surface area contributed by atoms with Crippen molar-refractivity contribution in [2.45, 2.75) is 13.3 Å². The summed E-state index contributed by atoms with van der Waals surface area (Å²) in [7, 11) is 0. The van der Waals surface area contributed by atoms with Crippen LogP contribution in [0.4, 0.5) is 10.8 Å². The molecule has 0 radical (unpaired) electrons. The summed E-state index contributed by atoms with van der Waals surface area (Å²) in [4.78, 5) is 7.44. The zero-order valence-electron chi connectivity index (χ0n) is 13.9. The van der Waals surface area contributed by atoms with Gasteiger partial charge in [0.1, 0.15) is 0 Å². The molecule has 0 bridgehead atoms. The molecule has 0 atom stereocenters. The van der Waals surface area contributed by atoms with Crippen LogP contribution in [0, 0.1) is 0 Å². The number of fused-ring (bicyclic) bond motifs is 1. The summed E-state index contributed by atoms with van der Waals surface area (Å²) < 4.78 is 1.03. The van der Waals surface area contributed by atoms with Gasteiger partial charge in [-0.15, -0.1) is 21.6 Å². The van der Waals surface area contributed by atoms with Crippen LogP contribution < -0.4 is 0 Å². The molecular formula is C19H15BrN4OS. The van der Waals surface area contributed by atoms with Gasteiger partial charge in [0, 0.05) is 20.8 Å². The number of aromatic nitrogens is 2. The van der Waals surface area contributed by atoms with Crippen molar-refractivity contribution >= 4 is 49.0 Å². The maximum Gasteiger partial charge on any atom is 0.230 e. The molecule has 5 nitrogen and oxygen atoms in total. The third kappa shape index (κ3) is 3.27. The number of rotatable bonds is 4. The first-order valence-corrected chi connectivity index (χ1v) is 9.78. The summed E-state index contributed by atoms with van der Waals surface area (Å²) in [6, 6.07) is 14.0. The minimum atomic E-state index is 0.0155. The lowest BCUT2D eigenvalue weighted by molar-refractivity contribution is 0.459. The highest BCUT2D eigenvalue weighted by Crippen LogP contribution is 2.37. The van der Waals surface area contributed by atoms with Crippen molar-refractivity contribution < 1.29 is 5.11 Å². The molecule has 0 saturated carbocycles. The van der Waals surface area contributed by atoms with Gasteiger partial charge in [-0.3, -0.25) is 0 Å². The fourth-order valence-electron chi connectivity index (χ4n) is 2.69. The van der Waals surface area contributed by atoms with E-state index < -0.39 is 0 Å². The Morgan fingerprint density at radius 3 is 2.73 bits per heavy atom. The molecule has 0 saturated heterocycles. The molecule has 4 aromatic rings. The number of H-pyrrole nitrogens is 1. The fraction of sp³-hybridized carbons (Fsp3) is 0.105. The van der Waals surface area contributed by atoms with Crippen molar-refractivity contribution in [2.75, 3.05) is 0 Å². The lowest BCUT2D eigenvalue weighted by Gasteiger charge is -1.96. The van der Waals surface area contributed by atoms with Crippen LogP contribution in [0.2, 0.25) is 0 Å². The van der Waals surface area contributed by atoms with Crippen LogP contribution in [0.15, 0.2) is 62.5 Å². The normalized spacial score (nSPS) is 11.6. The average molecular weight is 427 g/mol. The number of azo groups is 1. The third-order valence-electron chi connectivity index (χ3n) is 4.09. The molecule has 0 amide bonds. The molecule has 7 heteroatoms. The minimum absolute atomic E-state index is 0.0155. The van der Waals surface area contributed by atoms with Crippen molar-refractivity contribution in [1.82, 2.24) is 9.97 Å². The van der Waals surface area contributed by atoms with Gasteiger partial charge in [-0.05, 0) is 36.2 Å². The number of nitrogens with zero attached hydrogens (tertiary/aromatic N) is 3. The van der Waals surface area contributed by atoms with E-state index in [4.69, 9.17) is 0 Å². The van der Waals surface area contributed by atoms with E-state index in [-0.39, 0.29) is 5.88 Å². The van der Waals surface area contributed by atoms with E-state index in [1.54, 1.807) is 0 Å². The molecular weight excluding hydrogens is 412 g/mol. The van der Waals surface area contributed by atoms with Crippen molar-refractivity contribution in [3.05, 3.63) is 57.9 Å². The number of aromatic amines is 1. The second-order valence-electron chi connectivity index (χ2n) is 5.78. The first-order chi connectivity index (χ1) is 12.6. The molecule has 2 heterocycles. The van der Waals surface area contributed by atoms with Crippen LogP contribution in [0.5, 0.6) is 5.88 Å². The minimum Gasteiger partial charge on any atom is -0.493 e. The number of benzene rings is 2. The molecule has 4 rings (SSSR count). The Kier molecular flexibility index (Phi) is 4.57. The van der Waals surface area contributed by atoms with Gasteiger partial charge in [-0.25, -0.2) is 4.98 Å². The number of nitrogens with one attached hydrogen (secondary N) is 1. The summed E-state index contributed by atoms with van der Waals surface area (Å²) >= 11 is 4.84. The van der Waals surface area contributed by atoms with Crippen molar-refractivity contribution in [1.29, 1.82) is 0 Å². The van der Waals surface area contributed by atoms with E-state index in [0.29, 0.717) is 10.8 Å². The number of halogens is 1. The molecule has 0 spiro atoms. The number of thiazole rings is 1. The Balaban J connectivity index is 1.65. The number of aromatic hydroxyl groups is 1. The van der Waals surface area contributed by atoms with Crippen LogP contribution in [0.1, 0.15) is 12.5 Å². The fourth-order valence-corrected chi connectivity index (χ4v) is 3.60. The van der Waals surface area contributed by atoms with Crippen LogP contribution >= 0.6 is 27.3 Å². The van der Waals surface area contributed by atoms with E-state index in [9.17, 15) is 5.11 Å². The van der Waals surface area contributed by atoms with Crippen molar-refractivity contribution in [3.63, 3.8) is 0 Å². The molecule has 2 aromatic carbocycles. The highest BCUT2D eigenvalue weighted by molar-refractivity contribution is 9.10. The molecule has 2 aromatic heterocycles. The highest BCUT2D eigenvalue weighted by atomic mass is 79.9. The number of aryl methyl sites for hydroxylation is 1. The predicted octanol–water partition coefficient (Wildman–Crippen LogP) is 6.74. The lowest BCUT2D eigenvalue weighted by Crippen LogP contribution is -1.78. The Bertz CT molecular complexity index is 1100. The molecule has 26 heavy (non-hydrogen) atoms. The summed E-state index contributed by atoms with van der Waals surface area (Å²) in [5.74, 6) is 0.0155. The first-order valence-electron chi connectivity index (χ1n) is 8.11. The highest BCUT2D eigenvalue weighted by Gasteiger charge is 2.11. The van der Waals surface area contributed by atoms with Gasteiger partial charge in [0.15, 0.2) is 5.69 Å². The second-order valence-corrected chi connectivity index (χ2v) is 7.53. The van der Waals surface area contributed by atoms with Crippen LogP contribution in [-0.2, 0) is 6.42 Å². The third-order valence-corrected chi connectivity index (χ3v) is 5.35. The van der Waals surface area contributed by atoms with Gasteiger partial charge in [0.25, 0.3) is 0 Å². The zero-order chi connectivity index (χ0) is 18.1. The molecule has 2 N–H and O–H groups in total. The maximum atomic E-state index is 10.2. The standard InChI is InChI=1S/C19H15BrN4OS/c1-2-11-3-8-15-14(9-11)17(18(25)21-15)23-24-19-22-16(10-26-19)12-4-6-13(20)7-5-12/h3-10,21,25H,2H2,1H3. The SMILES string of the molecule is CCc1ccc2[nH]c(O)c(N=Nc3nc(-c4ccc(Br)cc4)cs3)c2c1.